The molecular weight excluding hydrogens is 265 g/mol. The summed E-state index contributed by atoms with van der Waals surface area (Å²) in [5.41, 5.74) is -0.756. The van der Waals surface area contributed by atoms with E-state index in [9.17, 15) is 21.6 Å². The van der Waals surface area contributed by atoms with Crippen LogP contribution in [-0.4, -0.2) is 8.42 Å². The highest BCUT2D eigenvalue weighted by Crippen LogP contribution is 2.33. The largest absolute Gasteiger partial charge is 0.416 e. The van der Waals surface area contributed by atoms with E-state index in [-0.39, 0.29) is 5.56 Å². The van der Waals surface area contributed by atoms with Crippen molar-refractivity contribution in [3.63, 3.8) is 0 Å². The molecule has 0 amide bonds. The van der Waals surface area contributed by atoms with E-state index in [1.165, 1.54) is 12.1 Å². The zero-order valence-electron chi connectivity index (χ0n) is 8.18. The van der Waals surface area contributed by atoms with Gasteiger partial charge in [0.05, 0.1) is 11.3 Å². The van der Waals surface area contributed by atoms with Crippen molar-refractivity contribution in [2.24, 2.45) is 0 Å². The molecule has 0 aromatic heterocycles. The topological polar surface area (TPSA) is 34.1 Å². The van der Waals surface area contributed by atoms with Gasteiger partial charge in [-0.15, -0.1) is 0 Å². The molecule has 0 aliphatic carbocycles. The van der Waals surface area contributed by atoms with Gasteiger partial charge in [0.2, 0.25) is 9.05 Å². The van der Waals surface area contributed by atoms with Crippen molar-refractivity contribution in [2.75, 3.05) is 0 Å². The predicted molar refractivity (Wildman–Crippen MR) is 54.7 cm³/mol. The summed E-state index contributed by atoms with van der Waals surface area (Å²) < 4.78 is 59.1. The zero-order chi connectivity index (χ0) is 12.6. The van der Waals surface area contributed by atoms with Gasteiger partial charge in [0, 0.05) is 10.7 Å². The maximum absolute atomic E-state index is 12.5. The normalized spacial score (nSPS) is 12.8. The first-order chi connectivity index (χ1) is 7.09. The lowest BCUT2D eigenvalue weighted by Gasteiger charge is -2.12. The van der Waals surface area contributed by atoms with Crippen LogP contribution in [-0.2, 0) is 21.0 Å². The van der Waals surface area contributed by atoms with Crippen LogP contribution in [0.1, 0.15) is 16.7 Å². The van der Waals surface area contributed by atoms with Gasteiger partial charge in [-0.05, 0) is 18.6 Å². The molecule has 0 fully saturated rings. The highest BCUT2D eigenvalue weighted by Gasteiger charge is 2.34. The third kappa shape index (κ3) is 3.68. The minimum absolute atomic E-state index is 0.331. The minimum Gasteiger partial charge on any atom is -0.212 e. The smallest absolute Gasteiger partial charge is 0.212 e. The summed E-state index contributed by atoms with van der Waals surface area (Å²) in [6.45, 7) is 1.57. The van der Waals surface area contributed by atoms with Crippen LogP contribution in [0.25, 0.3) is 0 Å². The quantitative estimate of drug-likeness (QED) is 0.776. The van der Waals surface area contributed by atoms with Crippen molar-refractivity contribution in [3.8, 4) is 0 Å². The van der Waals surface area contributed by atoms with Crippen LogP contribution in [0.3, 0.4) is 0 Å². The lowest BCUT2D eigenvalue weighted by molar-refractivity contribution is -0.138. The Morgan fingerprint density at radius 2 is 1.88 bits per heavy atom. The maximum atomic E-state index is 12.5. The van der Waals surface area contributed by atoms with Crippen molar-refractivity contribution in [2.45, 2.75) is 18.9 Å². The van der Waals surface area contributed by atoms with Crippen LogP contribution in [0.2, 0.25) is 0 Å². The molecule has 0 spiro atoms. The van der Waals surface area contributed by atoms with E-state index in [0.717, 1.165) is 6.07 Å². The molecule has 0 radical (unpaired) electrons. The SMILES string of the molecule is Cc1ccc(C(F)(F)F)c(CS(=O)(=O)Cl)c1. The first-order valence-electron chi connectivity index (χ1n) is 4.18. The second-order valence-corrected chi connectivity index (χ2v) is 6.12. The average Bonchev–Trinajstić information content (AvgIpc) is 1.97. The number of alkyl halides is 3. The Labute approximate surface area is 95.5 Å². The van der Waals surface area contributed by atoms with Crippen molar-refractivity contribution >= 4 is 19.7 Å². The standard InChI is InChI=1S/C9H8ClF3O2S/c1-6-2-3-8(9(11,12)13)7(4-6)5-16(10,14)15/h2-4H,5H2,1H3. The Kier molecular flexibility index (Phi) is 3.54. The number of hydrogen-bond acceptors (Lipinski definition) is 2. The molecule has 90 valence electrons. The number of aryl methyl sites for hydroxylation is 1. The molecular formula is C9H8ClF3O2S. The molecule has 1 aromatic rings. The van der Waals surface area contributed by atoms with Crippen molar-refractivity contribution in [3.05, 3.63) is 34.9 Å². The van der Waals surface area contributed by atoms with E-state index in [4.69, 9.17) is 10.7 Å². The molecule has 2 nitrogen and oxygen atoms in total. The minimum atomic E-state index is -4.58. The average molecular weight is 273 g/mol. The van der Waals surface area contributed by atoms with Crippen LogP contribution in [0.4, 0.5) is 13.2 Å². The fraction of sp³-hybridized carbons (Fsp3) is 0.333. The van der Waals surface area contributed by atoms with Gasteiger partial charge >= 0.3 is 6.18 Å². The number of hydrogen-bond donors (Lipinski definition) is 0. The van der Waals surface area contributed by atoms with Crippen molar-refractivity contribution < 1.29 is 21.6 Å². The van der Waals surface area contributed by atoms with Crippen LogP contribution in [0.15, 0.2) is 18.2 Å². The summed E-state index contributed by atoms with van der Waals surface area (Å²) >= 11 is 0. The van der Waals surface area contributed by atoms with Gasteiger partial charge in [-0.3, -0.25) is 0 Å². The molecule has 0 unspecified atom stereocenters. The van der Waals surface area contributed by atoms with Gasteiger partial charge in [0.25, 0.3) is 0 Å². The third-order valence-electron chi connectivity index (χ3n) is 1.89. The number of halogens is 4. The molecule has 16 heavy (non-hydrogen) atoms. The van der Waals surface area contributed by atoms with E-state index in [1.54, 1.807) is 6.92 Å². The van der Waals surface area contributed by atoms with E-state index < -0.39 is 26.5 Å². The highest BCUT2D eigenvalue weighted by atomic mass is 35.7. The summed E-state index contributed by atoms with van der Waals surface area (Å²) in [5.74, 6) is -0.828. The van der Waals surface area contributed by atoms with Crippen LogP contribution in [0.5, 0.6) is 0 Å². The second kappa shape index (κ2) is 4.25. The Bertz CT molecular complexity index is 494. The summed E-state index contributed by atoms with van der Waals surface area (Å²) in [6.07, 6.45) is -4.58. The predicted octanol–water partition coefficient (Wildman–Crippen LogP) is 3.08. The highest BCUT2D eigenvalue weighted by molar-refractivity contribution is 8.13. The van der Waals surface area contributed by atoms with Gasteiger partial charge in [-0.2, -0.15) is 13.2 Å². The Hall–Kier alpha value is -0.750. The first-order valence-corrected chi connectivity index (χ1v) is 6.66. The monoisotopic (exact) mass is 272 g/mol. The van der Waals surface area contributed by atoms with Crippen LogP contribution >= 0.6 is 10.7 Å². The van der Waals surface area contributed by atoms with Gasteiger partial charge in [0.15, 0.2) is 0 Å². The summed E-state index contributed by atoms with van der Waals surface area (Å²) in [4.78, 5) is 0. The zero-order valence-corrected chi connectivity index (χ0v) is 9.75. The fourth-order valence-corrected chi connectivity index (χ4v) is 2.27. The van der Waals surface area contributed by atoms with Crippen LogP contribution < -0.4 is 0 Å². The molecule has 1 aromatic carbocycles. The number of rotatable bonds is 2. The van der Waals surface area contributed by atoms with E-state index in [1.807, 2.05) is 0 Å². The van der Waals surface area contributed by atoms with E-state index >= 15 is 0 Å². The van der Waals surface area contributed by atoms with Crippen molar-refractivity contribution in [1.82, 2.24) is 0 Å². The lowest BCUT2D eigenvalue weighted by Crippen LogP contribution is -2.11. The fourth-order valence-electron chi connectivity index (χ4n) is 1.30. The third-order valence-corrected chi connectivity index (χ3v) is 2.88. The van der Waals surface area contributed by atoms with Crippen molar-refractivity contribution in [1.29, 1.82) is 0 Å². The second-order valence-electron chi connectivity index (χ2n) is 3.34. The summed E-state index contributed by atoms with van der Waals surface area (Å²) in [6, 6.07) is 3.29. The van der Waals surface area contributed by atoms with Gasteiger partial charge in [0.1, 0.15) is 0 Å². The molecule has 0 aliphatic rings. The molecule has 0 N–H and O–H groups in total. The maximum Gasteiger partial charge on any atom is 0.416 e. The number of benzene rings is 1. The molecule has 0 saturated heterocycles. The Morgan fingerprint density at radius 3 is 2.31 bits per heavy atom. The van der Waals surface area contributed by atoms with Gasteiger partial charge in [-0.25, -0.2) is 8.42 Å². The Morgan fingerprint density at radius 1 is 1.31 bits per heavy atom. The summed E-state index contributed by atoms with van der Waals surface area (Å²) in [7, 11) is 0.942. The molecule has 0 heterocycles. The molecule has 0 saturated carbocycles. The molecule has 0 atom stereocenters. The van der Waals surface area contributed by atoms with Gasteiger partial charge < -0.3 is 0 Å². The van der Waals surface area contributed by atoms with E-state index in [2.05, 4.69) is 0 Å². The Balaban J connectivity index is 3.30. The molecule has 0 bridgehead atoms. The van der Waals surface area contributed by atoms with Gasteiger partial charge in [-0.1, -0.05) is 17.7 Å². The summed E-state index contributed by atoms with van der Waals surface area (Å²) in [5, 5.41) is 0. The molecule has 0 aliphatic heterocycles. The van der Waals surface area contributed by atoms with E-state index in [0.29, 0.717) is 5.56 Å². The molecule has 7 heteroatoms. The molecule has 1 rings (SSSR count). The lowest BCUT2D eigenvalue weighted by atomic mass is 10.1. The van der Waals surface area contributed by atoms with Crippen LogP contribution in [0, 0.1) is 6.92 Å². The first kappa shape index (κ1) is 13.3.